The Morgan fingerprint density at radius 3 is 2.35 bits per heavy atom. The van der Waals surface area contributed by atoms with E-state index in [2.05, 4.69) is 31.3 Å². The van der Waals surface area contributed by atoms with Crippen LogP contribution in [-0.2, 0) is 13.2 Å². The minimum absolute atomic E-state index is 0.231. The number of methoxy groups -OCH3 is 1. The van der Waals surface area contributed by atoms with E-state index in [0.717, 1.165) is 29.3 Å². The van der Waals surface area contributed by atoms with Gasteiger partial charge in [-0.3, -0.25) is 0 Å². The number of nitrogens with one attached hydrogen (secondary N) is 1. The lowest BCUT2D eigenvalue weighted by atomic mass is 9.43. The van der Waals surface area contributed by atoms with Crippen LogP contribution in [-0.4, -0.2) is 12.6 Å². The molecule has 0 amide bonds. The standard InChI is InChI=1S/C27H34ClNO2/c1-25-11-20-12-26(2,16-25)18-27(13-20,17-25)29-14-21-9-22(28)10-23(30-3)24(21)31-15-19-7-5-4-6-8-19/h4-10,20,29H,11-18H2,1-3H3. The van der Waals surface area contributed by atoms with Crippen molar-refractivity contribution >= 4 is 11.6 Å². The Labute approximate surface area is 191 Å². The van der Waals surface area contributed by atoms with E-state index in [1.807, 2.05) is 30.3 Å². The van der Waals surface area contributed by atoms with Gasteiger partial charge in [0.15, 0.2) is 11.5 Å². The van der Waals surface area contributed by atoms with Gasteiger partial charge in [0, 0.05) is 28.7 Å². The van der Waals surface area contributed by atoms with E-state index in [1.54, 1.807) is 7.11 Å². The van der Waals surface area contributed by atoms with Gasteiger partial charge in [-0.2, -0.15) is 0 Å². The minimum atomic E-state index is 0.231. The molecule has 4 bridgehead atoms. The summed E-state index contributed by atoms with van der Waals surface area (Å²) in [6.07, 6.45) is 8.06. The van der Waals surface area contributed by atoms with E-state index < -0.39 is 0 Å². The Morgan fingerprint density at radius 2 is 1.71 bits per heavy atom. The summed E-state index contributed by atoms with van der Waals surface area (Å²) >= 11 is 6.45. The van der Waals surface area contributed by atoms with E-state index in [9.17, 15) is 0 Å². The fourth-order valence-electron chi connectivity index (χ4n) is 7.73. The highest BCUT2D eigenvalue weighted by Gasteiger charge is 2.59. The van der Waals surface area contributed by atoms with Crippen LogP contribution in [0.3, 0.4) is 0 Å². The van der Waals surface area contributed by atoms with Crippen molar-refractivity contribution in [3.05, 3.63) is 58.6 Å². The average Bonchev–Trinajstić information content (AvgIpc) is 2.69. The molecule has 4 heteroatoms. The Kier molecular flexibility index (Phi) is 5.26. The molecule has 1 N–H and O–H groups in total. The zero-order valence-corrected chi connectivity index (χ0v) is 19.7. The molecular weight excluding hydrogens is 406 g/mol. The third kappa shape index (κ3) is 4.19. The van der Waals surface area contributed by atoms with Crippen LogP contribution in [0.5, 0.6) is 11.5 Å². The van der Waals surface area contributed by atoms with Crippen molar-refractivity contribution in [2.24, 2.45) is 16.7 Å². The molecule has 4 aliphatic carbocycles. The number of ether oxygens (including phenoxy) is 2. The third-order valence-corrected chi connectivity index (χ3v) is 8.04. The van der Waals surface area contributed by atoms with Crippen LogP contribution in [0.15, 0.2) is 42.5 Å². The molecule has 2 atom stereocenters. The zero-order chi connectivity index (χ0) is 21.7. The molecule has 6 rings (SSSR count). The monoisotopic (exact) mass is 439 g/mol. The van der Waals surface area contributed by atoms with E-state index in [0.29, 0.717) is 28.2 Å². The molecule has 0 heterocycles. The van der Waals surface area contributed by atoms with Crippen LogP contribution in [0.1, 0.15) is 63.5 Å². The van der Waals surface area contributed by atoms with Crippen LogP contribution < -0.4 is 14.8 Å². The second kappa shape index (κ2) is 7.71. The second-order valence-electron chi connectivity index (χ2n) is 11.1. The smallest absolute Gasteiger partial charge is 0.166 e. The van der Waals surface area contributed by atoms with Gasteiger partial charge in [-0.1, -0.05) is 55.8 Å². The minimum Gasteiger partial charge on any atom is -0.493 e. The highest BCUT2D eigenvalue weighted by atomic mass is 35.5. The van der Waals surface area contributed by atoms with Crippen molar-refractivity contribution in [2.45, 2.75) is 71.1 Å². The molecule has 0 radical (unpaired) electrons. The Balaban J connectivity index is 1.38. The van der Waals surface area contributed by atoms with Gasteiger partial charge in [0.2, 0.25) is 0 Å². The van der Waals surface area contributed by atoms with Crippen molar-refractivity contribution in [2.75, 3.05) is 7.11 Å². The number of hydrogen-bond acceptors (Lipinski definition) is 3. The number of hydrogen-bond donors (Lipinski definition) is 1. The van der Waals surface area contributed by atoms with Crippen molar-refractivity contribution < 1.29 is 9.47 Å². The first-order valence-corrected chi connectivity index (χ1v) is 12.0. The van der Waals surface area contributed by atoms with Gasteiger partial charge in [0.1, 0.15) is 6.61 Å². The molecular formula is C27H34ClNO2. The second-order valence-corrected chi connectivity index (χ2v) is 11.6. The molecule has 31 heavy (non-hydrogen) atoms. The summed E-state index contributed by atoms with van der Waals surface area (Å²) in [4.78, 5) is 0. The topological polar surface area (TPSA) is 30.5 Å². The van der Waals surface area contributed by atoms with Crippen LogP contribution in [0.25, 0.3) is 0 Å². The first-order chi connectivity index (χ1) is 14.8. The highest BCUT2D eigenvalue weighted by molar-refractivity contribution is 6.30. The zero-order valence-electron chi connectivity index (χ0n) is 19.0. The van der Waals surface area contributed by atoms with Gasteiger partial charge in [-0.05, 0) is 66.9 Å². The lowest BCUT2D eigenvalue weighted by Gasteiger charge is -2.65. The maximum atomic E-state index is 6.45. The number of halogens is 1. The fraction of sp³-hybridized carbons (Fsp3) is 0.556. The normalized spacial score (nSPS) is 33.5. The van der Waals surface area contributed by atoms with Crippen LogP contribution in [0, 0.1) is 16.7 Å². The lowest BCUT2D eigenvalue weighted by Crippen LogP contribution is -2.63. The molecule has 166 valence electrons. The summed E-state index contributed by atoms with van der Waals surface area (Å²) < 4.78 is 11.9. The van der Waals surface area contributed by atoms with E-state index >= 15 is 0 Å². The average molecular weight is 440 g/mol. The molecule has 2 unspecified atom stereocenters. The summed E-state index contributed by atoms with van der Waals surface area (Å²) in [5, 5.41) is 4.70. The number of rotatable bonds is 7. The van der Waals surface area contributed by atoms with Gasteiger partial charge >= 0.3 is 0 Å². The molecule has 4 fully saturated rings. The summed E-state index contributed by atoms with van der Waals surface area (Å²) in [5.74, 6) is 2.36. The molecule has 2 aromatic rings. The van der Waals surface area contributed by atoms with Gasteiger partial charge in [-0.15, -0.1) is 0 Å². The van der Waals surface area contributed by atoms with E-state index in [1.165, 1.54) is 38.5 Å². The predicted molar refractivity (Wildman–Crippen MR) is 126 cm³/mol. The molecule has 2 aromatic carbocycles. The highest BCUT2D eigenvalue weighted by Crippen LogP contribution is 2.66. The summed E-state index contributed by atoms with van der Waals surface area (Å²) in [6.45, 7) is 6.29. The molecule has 0 aromatic heterocycles. The van der Waals surface area contributed by atoms with E-state index in [-0.39, 0.29) is 5.54 Å². The van der Waals surface area contributed by atoms with Crippen molar-refractivity contribution in [3.8, 4) is 11.5 Å². The van der Waals surface area contributed by atoms with E-state index in [4.69, 9.17) is 21.1 Å². The summed E-state index contributed by atoms with van der Waals surface area (Å²) in [5.41, 5.74) is 3.42. The Bertz CT molecular complexity index is 941. The summed E-state index contributed by atoms with van der Waals surface area (Å²) in [6, 6.07) is 14.1. The quantitative estimate of drug-likeness (QED) is 0.516. The molecule has 0 spiro atoms. The van der Waals surface area contributed by atoms with Gasteiger partial charge < -0.3 is 14.8 Å². The maximum Gasteiger partial charge on any atom is 0.166 e. The Morgan fingerprint density at radius 1 is 1.00 bits per heavy atom. The molecule has 4 saturated carbocycles. The summed E-state index contributed by atoms with van der Waals surface area (Å²) in [7, 11) is 1.68. The molecule has 3 nitrogen and oxygen atoms in total. The maximum absolute atomic E-state index is 6.45. The molecule has 0 aliphatic heterocycles. The van der Waals surface area contributed by atoms with Crippen molar-refractivity contribution in [1.82, 2.24) is 5.32 Å². The first-order valence-electron chi connectivity index (χ1n) is 11.6. The van der Waals surface area contributed by atoms with Gasteiger partial charge in [0.25, 0.3) is 0 Å². The fourth-order valence-corrected chi connectivity index (χ4v) is 7.96. The van der Waals surface area contributed by atoms with Crippen LogP contribution in [0.2, 0.25) is 5.02 Å². The van der Waals surface area contributed by atoms with Gasteiger partial charge in [-0.25, -0.2) is 0 Å². The third-order valence-electron chi connectivity index (χ3n) is 7.82. The lowest BCUT2D eigenvalue weighted by molar-refractivity contribution is -0.118. The largest absolute Gasteiger partial charge is 0.493 e. The van der Waals surface area contributed by atoms with Crippen LogP contribution >= 0.6 is 11.6 Å². The Hall–Kier alpha value is -1.71. The van der Waals surface area contributed by atoms with Crippen LogP contribution in [0.4, 0.5) is 0 Å². The number of benzene rings is 2. The molecule has 4 aliphatic rings. The van der Waals surface area contributed by atoms with Crippen molar-refractivity contribution in [1.29, 1.82) is 0 Å². The van der Waals surface area contributed by atoms with Crippen molar-refractivity contribution in [3.63, 3.8) is 0 Å². The predicted octanol–water partition coefficient (Wildman–Crippen LogP) is 6.77. The molecule has 0 saturated heterocycles. The SMILES string of the molecule is COc1cc(Cl)cc(CNC23CC4CC(C)(CC(C)(C4)C2)C3)c1OCc1ccccc1. The first kappa shape index (κ1) is 21.2. The van der Waals surface area contributed by atoms with Gasteiger partial charge in [0.05, 0.1) is 7.11 Å².